The molecule has 24 heavy (non-hydrogen) atoms. The first kappa shape index (κ1) is 16.5. The zero-order valence-electron chi connectivity index (χ0n) is 14.5. The van der Waals surface area contributed by atoms with Gasteiger partial charge in [0.25, 0.3) is 0 Å². The molecule has 0 aliphatic carbocycles. The van der Waals surface area contributed by atoms with Gasteiger partial charge in [0, 0.05) is 12.2 Å². The summed E-state index contributed by atoms with van der Waals surface area (Å²) in [5, 5.41) is 8.41. The Morgan fingerprint density at radius 3 is 2.92 bits per heavy atom. The third-order valence-corrected chi connectivity index (χ3v) is 4.18. The van der Waals surface area contributed by atoms with Gasteiger partial charge in [0.2, 0.25) is 0 Å². The lowest BCUT2D eigenvalue weighted by atomic mass is 10.0. The number of aromatic nitrogens is 3. The molecule has 7 nitrogen and oxygen atoms in total. The average molecular weight is 331 g/mol. The van der Waals surface area contributed by atoms with Crippen LogP contribution in [0.1, 0.15) is 40.0 Å². The molecular formula is C17H25N5O2. The number of nitrogen functional groups attached to an aromatic ring is 1. The molecule has 130 valence electrons. The van der Waals surface area contributed by atoms with Crippen LogP contribution in [0.4, 0.5) is 10.5 Å². The molecule has 2 heterocycles. The SMILES string of the molecule is CC(C)(C)OC(=O)N1CCCCC1Cn1nnc2ccc(N)cc21. The number of carbonyl (C=O) groups excluding carboxylic acids is 1. The Hall–Kier alpha value is -2.31. The molecule has 0 bridgehead atoms. The quantitative estimate of drug-likeness (QED) is 0.855. The predicted octanol–water partition coefficient (Wildman–Crippen LogP) is 2.80. The van der Waals surface area contributed by atoms with Gasteiger partial charge in [-0.25, -0.2) is 9.48 Å². The van der Waals surface area contributed by atoms with Gasteiger partial charge in [-0.3, -0.25) is 0 Å². The van der Waals surface area contributed by atoms with Crippen LogP contribution in [0.15, 0.2) is 18.2 Å². The van der Waals surface area contributed by atoms with Gasteiger partial charge < -0.3 is 15.4 Å². The number of nitrogens with two attached hydrogens (primary N) is 1. The van der Waals surface area contributed by atoms with Gasteiger partial charge in [-0.05, 0) is 58.2 Å². The fourth-order valence-electron chi connectivity index (χ4n) is 3.07. The largest absolute Gasteiger partial charge is 0.444 e. The number of ether oxygens (including phenoxy) is 1. The van der Waals surface area contributed by atoms with E-state index in [1.807, 2.05) is 48.6 Å². The maximum Gasteiger partial charge on any atom is 0.410 e. The van der Waals surface area contributed by atoms with Crippen molar-refractivity contribution in [3.63, 3.8) is 0 Å². The van der Waals surface area contributed by atoms with Crippen LogP contribution in [0, 0.1) is 0 Å². The highest BCUT2D eigenvalue weighted by molar-refractivity contribution is 5.78. The molecule has 1 unspecified atom stereocenters. The van der Waals surface area contributed by atoms with Gasteiger partial charge in [0.05, 0.1) is 18.1 Å². The molecule has 1 amide bonds. The first-order valence-corrected chi connectivity index (χ1v) is 8.42. The number of amides is 1. The number of hydrogen-bond acceptors (Lipinski definition) is 5. The van der Waals surface area contributed by atoms with Crippen molar-refractivity contribution in [1.82, 2.24) is 19.9 Å². The smallest absolute Gasteiger partial charge is 0.410 e. The van der Waals surface area contributed by atoms with E-state index in [1.165, 1.54) is 0 Å². The van der Waals surface area contributed by atoms with E-state index in [4.69, 9.17) is 10.5 Å². The van der Waals surface area contributed by atoms with E-state index in [0.717, 1.165) is 30.3 Å². The van der Waals surface area contributed by atoms with E-state index in [0.29, 0.717) is 18.8 Å². The van der Waals surface area contributed by atoms with Crippen LogP contribution in [0.2, 0.25) is 0 Å². The number of likely N-dealkylation sites (tertiary alicyclic amines) is 1. The van der Waals surface area contributed by atoms with Gasteiger partial charge in [-0.15, -0.1) is 5.10 Å². The number of rotatable bonds is 2. The van der Waals surface area contributed by atoms with E-state index in [2.05, 4.69) is 10.3 Å². The lowest BCUT2D eigenvalue weighted by Crippen LogP contribution is -2.48. The zero-order chi connectivity index (χ0) is 17.3. The number of anilines is 1. The van der Waals surface area contributed by atoms with Crippen molar-refractivity contribution in [2.24, 2.45) is 0 Å². The Bertz CT molecular complexity index is 734. The van der Waals surface area contributed by atoms with Crippen LogP contribution in [-0.4, -0.2) is 44.2 Å². The standard InChI is InChI=1S/C17H25N5O2/c1-17(2,3)24-16(23)21-9-5-4-6-13(21)11-22-15-10-12(18)7-8-14(15)19-20-22/h7-8,10,13H,4-6,9,11,18H2,1-3H3. The lowest BCUT2D eigenvalue weighted by molar-refractivity contribution is 0.00748. The van der Waals surface area contributed by atoms with Gasteiger partial charge in [-0.1, -0.05) is 5.21 Å². The molecule has 1 aromatic carbocycles. The molecule has 0 saturated carbocycles. The van der Waals surface area contributed by atoms with Crippen molar-refractivity contribution in [3.8, 4) is 0 Å². The van der Waals surface area contributed by atoms with Crippen molar-refractivity contribution in [3.05, 3.63) is 18.2 Å². The van der Waals surface area contributed by atoms with Crippen LogP contribution in [0.5, 0.6) is 0 Å². The predicted molar refractivity (Wildman–Crippen MR) is 92.5 cm³/mol. The van der Waals surface area contributed by atoms with Crippen molar-refractivity contribution < 1.29 is 9.53 Å². The van der Waals surface area contributed by atoms with Crippen LogP contribution in [-0.2, 0) is 11.3 Å². The molecule has 0 radical (unpaired) electrons. The Labute approximate surface area is 141 Å². The third kappa shape index (κ3) is 3.60. The summed E-state index contributed by atoms with van der Waals surface area (Å²) in [6, 6.07) is 5.60. The fraction of sp³-hybridized carbons (Fsp3) is 0.588. The van der Waals surface area contributed by atoms with Gasteiger partial charge in [0.15, 0.2) is 0 Å². The van der Waals surface area contributed by atoms with E-state index in [9.17, 15) is 4.79 Å². The molecule has 1 saturated heterocycles. The minimum atomic E-state index is -0.493. The van der Waals surface area contributed by atoms with Crippen LogP contribution < -0.4 is 5.73 Å². The molecule has 1 fully saturated rings. The Morgan fingerprint density at radius 1 is 1.38 bits per heavy atom. The van der Waals surface area contributed by atoms with Crippen LogP contribution >= 0.6 is 0 Å². The summed E-state index contributed by atoms with van der Waals surface area (Å²) in [5.41, 5.74) is 7.77. The number of benzene rings is 1. The summed E-state index contributed by atoms with van der Waals surface area (Å²) in [6.07, 6.45) is 2.78. The Balaban J connectivity index is 1.80. The first-order chi connectivity index (χ1) is 11.3. The summed E-state index contributed by atoms with van der Waals surface area (Å²) in [4.78, 5) is 14.3. The minimum absolute atomic E-state index is 0.0555. The highest BCUT2D eigenvalue weighted by Crippen LogP contribution is 2.23. The maximum absolute atomic E-state index is 12.5. The van der Waals surface area contributed by atoms with Gasteiger partial charge in [0.1, 0.15) is 11.1 Å². The molecule has 1 aliphatic heterocycles. The zero-order valence-corrected chi connectivity index (χ0v) is 14.5. The van der Waals surface area contributed by atoms with Crippen molar-refractivity contribution in [2.45, 2.75) is 58.2 Å². The van der Waals surface area contributed by atoms with E-state index >= 15 is 0 Å². The summed E-state index contributed by atoms with van der Waals surface area (Å²) < 4.78 is 7.39. The molecule has 2 aromatic rings. The van der Waals surface area contributed by atoms with E-state index in [1.54, 1.807) is 0 Å². The monoisotopic (exact) mass is 331 g/mol. The first-order valence-electron chi connectivity index (χ1n) is 8.42. The normalized spacial score (nSPS) is 18.8. The number of hydrogen-bond donors (Lipinski definition) is 1. The van der Waals surface area contributed by atoms with E-state index < -0.39 is 5.60 Å². The maximum atomic E-state index is 12.5. The van der Waals surface area contributed by atoms with Crippen LogP contribution in [0.3, 0.4) is 0 Å². The Kier molecular flexibility index (Phi) is 4.34. The highest BCUT2D eigenvalue weighted by atomic mass is 16.6. The second-order valence-electron chi connectivity index (χ2n) is 7.34. The third-order valence-electron chi connectivity index (χ3n) is 4.18. The lowest BCUT2D eigenvalue weighted by Gasteiger charge is -2.36. The molecule has 1 atom stereocenters. The highest BCUT2D eigenvalue weighted by Gasteiger charge is 2.31. The van der Waals surface area contributed by atoms with Crippen molar-refractivity contribution >= 4 is 22.8 Å². The Morgan fingerprint density at radius 2 is 2.17 bits per heavy atom. The molecule has 2 N–H and O–H groups in total. The molecule has 0 spiro atoms. The van der Waals surface area contributed by atoms with Gasteiger partial charge >= 0.3 is 6.09 Å². The van der Waals surface area contributed by atoms with E-state index in [-0.39, 0.29) is 12.1 Å². The second-order valence-corrected chi connectivity index (χ2v) is 7.34. The summed E-state index contributed by atoms with van der Waals surface area (Å²) in [6.45, 7) is 6.97. The minimum Gasteiger partial charge on any atom is -0.444 e. The van der Waals surface area contributed by atoms with Gasteiger partial charge in [-0.2, -0.15) is 0 Å². The van der Waals surface area contributed by atoms with Crippen molar-refractivity contribution in [1.29, 1.82) is 0 Å². The second kappa shape index (κ2) is 6.30. The topological polar surface area (TPSA) is 86.3 Å². The van der Waals surface area contributed by atoms with Crippen LogP contribution in [0.25, 0.3) is 11.0 Å². The molecular weight excluding hydrogens is 306 g/mol. The summed E-state index contributed by atoms with van der Waals surface area (Å²) >= 11 is 0. The number of fused-ring (bicyclic) bond motifs is 1. The molecule has 1 aliphatic rings. The number of nitrogens with zero attached hydrogens (tertiary/aromatic N) is 4. The molecule has 7 heteroatoms. The summed E-state index contributed by atoms with van der Waals surface area (Å²) in [7, 11) is 0. The summed E-state index contributed by atoms with van der Waals surface area (Å²) in [5.74, 6) is 0. The number of piperidine rings is 1. The fourth-order valence-corrected chi connectivity index (χ4v) is 3.07. The van der Waals surface area contributed by atoms with Crippen molar-refractivity contribution in [2.75, 3.05) is 12.3 Å². The molecule has 1 aromatic heterocycles. The molecule has 3 rings (SSSR count). The average Bonchev–Trinajstić information content (AvgIpc) is 2.88. The number of carbonyl (C=O) groups is 1.